The topological polar surface area (TPSA) is 114 Å². The van der Waals surface area contributed by atoms with Gasteiger partial charge in [-0.1, -0.05) is 48.5 Å². The zero-order valence-corrected chi connectivity index (χ0v) is 17.3. The van der Waals surface area contributed by atoms with Gasteiger partial charge in [0.05, 0.1) is 20.9 Å². The molecule has 2 N–H and O–H groups in total. The van der Waals surface area contributed by atoms with Crippen molar-refractivity contribution in [2.45, 2.75) is 6.92 Å². The van der Waals surface area contributed by atoms with Crippen molar-refractivity contribution in [3.8, 4) is 0 Å². The largest absolute Gasteiger partial charge is 0.317 e. The van der Waals surface area contributed by atoms with Crippen LogP contribution in [0.15, 0.2) is 82.9 Å². The molecule has 2 amide bonds. The number of hydrazone groups is 1. The first-order valence-electron chi connectivity index (χ1n) is 9.15. The van der Waals surface area contributed by atoms with E-state index in [0.29, 0.717) is 16.2 Å². The molecule has 0 saturated carbocycles. The van der Waals surface area contributed by atoms with Crippen molar-refractivity contribution in [2.75, 3.05) is 0 Å². The Morgan fingerprint density at radius 2 is 1.71 bits per heavy atom. The van der Waals surface area contributed by atoms with Crippen LogP contribution in [0.4, 0.5) is 5.69 Å². The van der Waals surface area contributed by atoms with Crippen molar-refractivity contribution < 1.29 is 14.5 Å². The molecule has 0 aliphatic heterocycles. The first-order chi connectivity index (χ1) is 14.9. The Labute approximate surface area is 182 Å². The minimum atomic E-state index is -0.626. The fourth-order valence-electron chi connectivity index (χ4n) is 2.52. The van der Waals surface area contributed by atoms with E-state index in [9.17, 15) is 19.7 Å². The third-order valence-corrected chi connectivity index (χ3v) is 5.14. The Morgan fingerprint density at radius 1 is 1.06 bits per heavy atom. The SMILES string of the molecule is CC(=NNC(=O)/C(=C/c1ccccc1)NC(=O)c1ccccc1)c1cc([N+](=O)[O-])cs1. The number of carbonyl (C=O) groups is 2. The van der Waals surface area contributed by atoms with Crippen LogP contribution in [-0.2, 0) is 4.79 Å². The van der Waals surface area contributed by atoms with Gasteiger partial charge >= 0.3 is 0 Å². The number of hydrogen-bond donors (Lipinski definition) is 2. The molecule has 31 heavy (non-hydrogen) atoms. The Hall–Kier alpha value is -4.11. The molecular formula is C22H18N4O4S. The molecule has 1 aromatic heterocycles. The highest BCUT2D eigenvalue weighted by molar-refractivity contribution is 7.12. The smallest absolute Gasteiger partial charge is 0.287 e. The van der Waals surface area contributed by atoms with E-state index in [1.807, 2.05) is 18.2 Å². The molecule has 0 radical (unpaired) electrons. The maximum absolute atomic E-state index is 12.8. The molecule has 1 heterocycles. The zero-order valence-electron chi connectivity index (χ0n) is 16.4. The van der Waals surface area contributed by atoms with Gasteiger partial charge in [0.25, 0.3) is 17.5 Å². The van der Waals surface area contributed by atoms with Crippen LogP contribution in [0.5, 0.6) is 0 Å². The molecular weight excluding hydrogens is 416 g/mol. The average Bonchev–Trinajstić information content (AvgIpc) is 3.29. The maximum Gasteiger partial charge on any atom is 0.287 e. The van der Waals surface area contributed by atoms with E-state index < -0.39 is 16.7 Å². The number of nitro groups is 1. The van der Waals surface area contributed by atoms with Gasteiger partial charge in [-0.05, 0) is 30.7 Å². The van der Waals surface area contributed by atoms with Gasteiger partial charge in [0.2, 0.25) is 0 Å². The lowest BCUT2D eigenvalue weighted by Gasteiger charge is -2.09. The van der Waals surface area contributed by atoms with Crippen molar-refractivity contribution in [3.63, 3.8) is 0 Å². The second kappa shape index (κ2) is 10.1. The summed E-state index contributed by atoms with van der Waals surface area (Å²) in [5.41, 5.74) is 3.89. The number of rotatable bonds is 7. The molecule has 0 saturated heterocycles. The fourth-order valence-corrected chi connectivity index (χ4v) is 3.33. The van der Waals surface area contributed by atoms with Crippen LogP contribution in [0, 0.1) is 10.1 Å². The molecule has 0 aliphatic rings. The van der Waals surface area contributed by atoms with Gasteiger partial charge < -0.3 is 5.32 Å². The number of nitrogens with zero attached hydrogens (tertiary/aromatic N) is 2. The molecule has 8 nitrogen and oxygen atoms in total. The van der Waals surface area contributed by atoms with Crippen molar-refractivity contribution in [3.05, 3.63) is 104 Å². The van der Waals surface area contributed by atoms with Gasteiger partial charge in [-0.15, -0.1) is 11.3 Å². The monoisotopic (exact) mass is 434 g/mol. The van der Waals surface area contributed by atoms with Crippen LogP contribution < -0.4 is 10.7 Å². The van der Waals surface area contributed by atoms with Crippen LogP contribution in [-0.4, -0.2) is 22.4 Å². The van der Waals surface area contributed by atoms with Crippen LogP contribution in [0.2, 0.25) is 0 Å². The highest BCUT2D eigenvalue weighted by atomic mass is 32.1. The summed E-state index contributed by atoms with van der Waals surface area (Å²) in [4.78, 5) is 36.2. The van der Waals surface area contributed by atoms with E-state index in [1.54, 1.807) is 49.4 Å². The number of amides is 2. The molecule has 0 fully saturated rings. The van der Waals surface area contributed by atoms with Crippen LogP contribution in [0.25, 0.3) is 6.08 Å². The summed E-state index contributed by atoms with van der Waals surface area (Å²) in [6, 6.07) is 18.9. The first-order valence-corrected chi connectivity index (χ1v) is 10.0. The van der Waals surface area contributed by atoms with Crippen molar-refractivity contribution >= 4 is 40.6 Å². The third kappa shape index (κ3) is 5.94. The van der Waals surface area contributed by atoms with Crippen molar-refractivity contribution in [1.29, 1.82) is 0 Å². The number of hydrogen-bond acceptors (Lipinski definition) is 6. The van der Waals surface area contributed by atoms with Crippen molar-refractivity contribution in [1.82, 2.24) is 10.7 Å². The first kappa shape index (κ1) is 21.6. The normalized spacial score (nSPS) is 11.6. The number of carbonyl (C=O) groups excluding carboxylic acids is 2. The van der Waals surface area contributed by atoms with Crippen LogP contribution >= 0.6 is 11.3 Å². The summed E-state index contributed by atoms with van der Waals surface area (Å²) in [6.07, 6.45) is 1.54. The van der Waals surface area contributed by atoms with Crippen LogP contribution in [0.3, 0.4) is 0 Å². The standard InChI is InChI=1S/C22H18N4O4S/c1-15(20-13-18(14-31-20)26(29)30)24-25-22(28)19(12-16-8-4-2-5-9-16)23-21(27)17-10-6-3-7-11-17/h2-14H,1H3,(H,23,27)(H,25,28)/b19-12-,24-15?. The predicted octanol–water partition coefficient (Wildman–Crippen LogP) is 3.97. The Bertz CT molecular complexity index is 1150. The highest BCUT2D eigenvalue weighted by Gasteiger charge is 2.15. The summed E-state index contributed by atoms with van der Waals surface area (Å²) in [5, 5.41) is 18.9. The molecule has 2 aromatic carbocycles. The Kier molecular flexibility index (Phi) is 7.02. The van der Waals surface area contributed by atoms with Gasteiger partial charge in [-0.2, -0.15) is 5.10 Å². The zero-order chi connectivity index (χ0) is 22.2. The highest BCUT2D eigenvalue weighted by Crippen LogP contribution is 2.21. The number of thiophene rings is 1. The van der Waals surface area contributed by atoms with E-state index in [2.05, 4.69) is 15.8 Å². The Balaban J connectivity index is 1.80. The minimum Gasteiger partial charge on any atom is -0.317 e. The van der Waals surface area contributed by atoms with Gasteiger partial charge in [-0.3, -0.25) is 19.7 Å². The van der Waals surface area contributed by atoms with Gasteiger partial charge in [0.1, 0.15) is 5.70 Å². The molecule has 3 rings (SSSR count). The molecule has 0 unspecified atom stereocenters. The summed E-state index contributed by atoms with van der Waals surface area (Å²) < 4.78 is 0. The number of nitrogens with one attached hydrogen (secondary N) is 2. The van der Waals surface area contributed by atoms with E-state index in [0.717, 1.165) is 16.9 Å². The second-order valence-corrected chi connectivity index (χ2v) is 7.26. The van der Waals surface area contributed by atoms with E-state index >= 15 is 0 Å². The quantitative estimate of drug-likeness (QED) is 0.253. The molecule has 0 bridgehead atoms. The lowest BCUT2D eigenvalue weighted by atomic mass is 10.1. The van der Waals surface area contributed by atoms with Gasteiger partial charge in [-0.25, -0.2) is 5.43 Å². The molecule has 3 aromatic rings. The summed E-state index contributed by atoms with van der Waals surface area (Å²) in [6.45, 7) is 1.62. The third-order valence-electron chi connectivity index (χ3n) is 4.12. The molecule has 0 spiro atoms. The summed E-state index contributed by atoms with van der Waals surface area (Å²) in [7, 11) is 0. The molecule has 0 aliphatic carbocycles. The predicted molar refractivity (Wildman–Crippen MR) is 120 cm³/mol. The van der Waals surface area contributed by atoms with E-state index in [4.69, 9.17) is 0 Å². The number of benzene rings is 2. The van der Waals surface area contributed by atoms with E-state index in [1.165, 1.54) is 17.5 Å². The minimum absolute atomic E-state index is 0.00811. The average molecular weight is 434 g/mol. The molecule has 0 atom stereocenters. The van der Waals surface area contributed by atoms with Gasteiger partial charge in [0, 0.05) is 11.6 Å². The van der Waals surface area contributed by atoms with Crippen molar-refractivity contribution in [2.24, 2.45) is 5.10 Å². The fraction of sp³-hybridized carbons (Fsp3) is 0.0455. The molecule has 156 valence electrons. The lowest BCUT2D eigenvalue weighted by molar-refractivity contribution is -0.384. The van der Waals surface area contributed by atoms with E-state index in [-0.39, 0.29) is 11.4 Å². The molecule has 9 heteroatoms. The lowest BCUT2D eigenvalue weighted by Crippen LogP contribution is -2.33. The Morgan fingerprint density at radius 3 is 2.32 bits per heavy atom. The van der Waals surface area contributed by atoms with Crippen LogP contribution in [0.1, 0.15) is 27.7 Å². The second-order valence-electron chi connectivity index (χ2n) is 6.35. The summed E-state index contributed by atoms with van der Waals surface area (Å²) in [5.74, 6) is -1.06. The summed E-state index contributed by atoms with van der Waals surface area (Å²) >= 11 is 1.15. The maximum atomic E-state index is 12.8. The van der Waals surface area contributed by atoms with Gasteiger partial charge in [0.15, 0.2) is 0 Å².